The van der Waals surface area contributed by atoms with E-state index in [9.17, 15) is 13.2 Å². The van der Waals surface area contributed by atoms with Crippen molar-refractivity contribution in [3.8, 4) is 0 Å². The minimum absolute atomic E-state index is 0.119. The fourth-order valence-electron chi connectivity index (χ4n) is 3.19. The van der Waals surface area contributed by atoms with Crippen LogP contribution in [-0.2, 0) is 26.2 Å². The maximum atomic E-state index is 12.5. The molecule has 0 atom stereocenters. The second-order valence-corrected chi connectivity index (χ2v) is 9.53. The lowest BCUT2D eigenvalue weighted by Gasteiger charge is -2.29. The third-order valence-electron chi connectivity index (χ3n) is 4.65. The summed E-state index contributed by atoms with van der Waals surface area (Å²) < 4.78 is 34.1. The van der Waals surface area contributed by atoms with Crippen LogP contribution in [0.1, 0.15) is 18.5 Å². The van der Waals surface area contributed by atoms with Crippen LogP contribution in [0.4, 0.5) is 0 Å². The molecule has 1 fully saturated rings. The molecule has 7 nitrogen and oxygen atoms in total. The monoisotopic (exact) mass is 405 g/mol. The second kappa shape index (κ2) is 7.41. The fourth-order valence-corrected chi connectivity index (χ4v) is 5.80. The summed E-state index contributed by atoms with van der Waals surface area (Å²) in [6.07, 6.45) is 4.65. The first-order valence-corrected chi connectivity index (χ1v) is 11.0. The number of hydrogen-bond acceptors (Lipinski definition) is 6. The highest BCUT2D eigenvalue weighted by molar-refractivity contribution is 7.91. The summed E-state index contributed by atoms with van der Waals surface area (Å²) in [5, 5.41) is 1.75. The highest BCUT2D eigenvalue weighted by atomic mass is 32.2. The molecule has 0 saturated carbocycles. The minimum Gasteiger partial charge on any atom is -0.459 e. The number of rotatable bonds is 5. The number of carbonyl (C=O) groups excluding carboxylic acids is 1. The Morgan fingerprint density at radius 2 is 2.04 bits per heavy atom. The third-order valence-corrected chi connectivity index (χ3v) is 7.92. The number of thiophene rings is 1. The first-order chi connectivity index (χ1) is 13.0. The number of pyridine rings is 1. The van der Waals surface area contributed by atoms with Crippen molar-refractivity contribution in [2.75, 3.05) is 13.1 Å². The van der Waals surface area contributed by atoms with Crippen molar-refractivity contribution >= 4 is 33.0 Å². The predicted octanol–water partition coefficient (Wildman–Crippen LogP) is 2.54. The first-order valence-electron chi connectivity index (χ1n) is 8.67. The Hall–Kier alpha value is -2.23. The van der Waals surface area contributed by atoms with Crippen LogP contribution in [0, 0.1) is 5.92 Å². The standard InChI is InChI=1S/C18H19N3O4S2/c22-18(25-13-15-12-20-8-2-1-4-16(20)19-15)14-6-9-21(10-7-14)27(23,24)17-5-3-11-26-17/h1-5,8,11-12,14H,6-7,9-10,13H2. The van der Waals surface area contributed by atoms with Gasteiger partial charge < -0.3 is 9.14 Å². The minimum atomic E-state index is -3.45. The summed E-state index contributed by atoms with van der Waals surface area (Å²) in [7, 11) is -3.45. The zero-order chi connectivity index (χ0) is 18.9. The number of fused-ring (bicyclic) bond motifs is 1. The van der Waals surface area contributed by atoms with E-state index in [1.165, 1.54) is 15.6 Å². The van der Waals surface area contributed by atoms with Crippen LogP contribution in [-0.4, -0.2) is 41.2 Å². The van der Waals surface area contributed by atoms with E-state index in [1.807, 2.05) is 35.0 Å². The van der Waals surface area contributed by atoms with Gasteiger partial charge in [0.2, 0.25) is 0 Å². The maximum Gasteiger partial charge on any atom is 0.309 e. The molecule has 1 aliphatic heterocycles. The molecule has 0 spiro atoms. The summed E-state index contributed by atoms with van der Waals surface area (Å²) in [6.45, 7) is 0.775. The Bertz CT molecular complexity index is 1000. The SMILES string of the molecule is O=C(OCc1cn2ccccc2n1)C1CCN(S(=O)(=O)c2cccs2)CC1. The smallest absolute Gasteiger partial charge is 0.309 e. The molecule has 0 aliphatic carbocycles. The summed E-state index contributed by atoms with van der Waals surface area (Å²) >= 11 is 1.21. The van der Waals surface area contributed by atoms with E-state index in [0.717, 1.165) is 5.65 Å². The number of carbonyl (C=O) groups is 1. The molecule has 0 aromatic carbocycles. The van der Waals surface area contributed by atoms with Gasteiger partial charge in [0.05, 0.1) is 11.6 Å². The molecule has 3 aromatic rings. The van der Waals surface area contributed by atoms with Crippen molar-refractivity contribution < 1.29 is 17.9 Å². The zero-order valence-corrected chi connectivity index (χ0v) is 16.2. The molecular weight excluding hydrogens is 386 g/mol. The van der Waals surface area contributed by atoms with Crippen LogP contribution < -0.4 is 0 Å². The van der Waals surface area contributed by atoms with E-state index in [1.54, 1.807) is 17.5 Å². The molecule has 27 heavy (non-hydrogen) atoms. The lowest BCUT2D eigenvalue weighted by atomic mass is 9.98. The van der Waals surface area contributed by atoms with Gasteiger partial charge in [-0.1, -0.05) is 12.1 Å². The lowest BCUT2D eigenvalue weighted by Crippen LogP contribution is -2.40. The average Bonchev–Trinajstić information content (AvgIpc) is 3.36. The fraction of sp³-hybridized carbons (Fsp3) is 0.333. The van der Waals surface area contributed by atoms with E-state index in [0.29, 0.717) is 35.8 Å². The van der Waals surface area contributed by atoms with Gasteiger partial charge in [0.1, 0.15) is 16.5 Å². The number of esters is 1. The van der Waals surface area contributed by atoms with Crippen LogP contribution in [0.2, 0.25) is 0 Å². The number of nitrogens with zero attached hydrogens (tertiary/aromatic N) is 3. The van der Waals surface area contributed by atoms with Gasteiger partial charge in [-0.25, -0.2) is 13.4 Å². The highest BCUT2D eigenvalue weighted by Crippen LogP contribution is 2.27. The molecule has 9 heteroatoms. The van der Waals surface area contributed by atoms with Gasteiger partial charge in [0, 0.05) is 25.5 Å². The Morgan fingerprint density at radius 3 is 2.74 bits per heavy atom. The molecule has 0 bridgehead atoms. The van der Waals surface area contributed by atoms with Gasteiger partial charge in [0.25, 0.3) is 10.0 Å². The predicted molar refractivity (Wildman–Crippen MR) is 101 cm³/mol. The van der Waals surface area contributed by atoms with Crippen molar-refractivity contribution in [3.05, 3.63) is 53.8 Å². The quantitative estimate of drug-likeness (QED) is 0.610. The van der Waals surface area contributed by atoms with Gasteiger partial charge in [-0.05, 0) is 36.4 Å². The van der Waals surface area contributed by atoms with Crippen molar-refractivity contribution in [1.29, 1.82) is 0 Å². The van der Waals surface area contributed by atoms with Crippen LogP contribution in [0.15, 0.2) is 52.3 Å². The van der Waals surface area contributed by atoms with Crippen molar-refractivity contribution in [2.45, 2.75) is 23.7 Å². The number of ether oxygens (including phenoxy) is 1. The summed E-state index contributed by atoms with van der Waals surface area (Å²) in [4.78, 5) is 16.8. The van der Waals surface area contributed by atoms with Crippen LogP contribution in [0.5, 0.6) is 0 Å². The van der Waals surface area contributed by atoms with E-state index < -0.39 is 10.0 Å². The van der Waals surface area contributed by atoms with E-state index in [-0.39, 0.29) is 18.5 Å². The van der Waals surface area contributed by atoms with Crippen LogP contribution >= 0.6 is 11.3 Å². The summed E-state index contributed by atoms with van der Waals surface area (Å²) in [6, 6.07) is 9.02. The Morgan fingerprint density at radius 1 is 1.22 bits per heavy atom. The Balaban J connectivity index is 1.32. The Labute approximate surface area is 161 Å². The molecule has 0 amide bonds. The molecule has 0 unspecified atom stereocenters. The van der Waals surface area contributed by atoms with E-state index in [2.05, 4.69) is 4.98 Å². The summed E-state index contributed by atoms with van der Waals surface area (Å²) in [5.74, 6) is -0.572. The summed E-state index contributed by atoms with van der Waals surface area (Å²) in [5.41, 5.74) is 1.49. The highest BCUT2D eigenvalue weighted by Gasteiger charge is 2.33. The molecule has 1 saturated heterocycles. The molecular formula is C18H19N3O4S2. The van der Waals surface area contributed by atoms with Gasteiger partial charge in [-0.15, -0.1) is 11.3 Å². The van der Waals surface area contributed by atoms with Crippen LogP contribution in [0.3, 0.4) is 0 Å². The third kappa shape index (κ3) is 3.76. The van der Waals surface area contributed by atoms with Crippen molar-refractivity contribution in [2.24, 2.45) is 5.92 Å². The first kappa shape index (κ1) is 18.1. The number of aromatic nitrogens is 2. The number of sulfonamides is 1. The second-order valence-electron chi connectivity index (χ2n) is 6.42. The average molecular weight is 406 g/mol. The topological polar surface area (TPSA) is 81.0 Å². The molecule has 142 valence electrons. The number of imidazole rings is 1. The molecule has 3 aromatic heterocycles. The van der Waals surface area contributed by atoms with Gasteiger partial charge in [-0.2, -0.15) is 4.31 Å². The van der Waals surface area contributed by atoms with Crippen molar-refractivity contribution in [1.82, 2.24) is 13.7 Å². The molecule has 0 N–H and O–H groups in total. The lowest BCUT2D eigenvalue weighted by molar-refractivity contribution is -0.151. The van der Waals surface area contributed by atoms with E-state index in [4.69, 9.17) is 4.74 Å². The Kier molecular flexibility index (Phi) is 4.98. The van der Waals surface area contributed by atoms with Gasteiger partial charge in [0.15, 0.2) is 0 Å². The van der Waals surface area contributed by atoms with Crippen LogP contribution in [0.25, 0.3) is 5.65 Å². The van der Waals surface area contributed by atoms with E-state index >= 15 is 0 Å². The number of hydrogen-bond donors (Lipinski definition) is 0. The number of piperidine rings is 1. The molecule has 1 aliphatic rings. The largest absolute Gasteiger partial charge is 0.459 e. The van der Waals surface area contributed by atoms with Crippen molar-refractivity contribution in [3.63, 3.8) is 0 Å². The van der Waals surface area contributed by atoms with Gasteiger partial charge >= 0.3 is 5.97 Å². The molecule has 4 rings (SSSR count). The normalized spacial score (nSPS) is 16.6. The van der Waals surface area contributed by atoms with Gasteiger partial charge in [-0.3, -0.25) is 4.79 Å². The molecule has 0 radical (unpaired) electrons. The zero-order valence-electron chi connectivity index (χ0n) is 14.5. The maximum absolute atomic E-state index is 12.5. The molecule has 4 heterocycles.